The van der Waals surface area contributed by atoms with Crippen LogP contribution in [0.4, 0.5) is 0 Å². The maximum atomic E-state index is 13.8. The first-order valence-electron chi connectivity index (χ1n) is 11.1. The van der Waals surface area contributed by atoms with Gasteiger partial charge < -0.3 is 19.1 Å². The van der Waals surface area contributed by atoms with E-state index in [0.717, 1.165) is 25.0 Å². The molecule has 0 unspecified atom stereocenters. The maximum Gasteiger partial charge on any atom is 0.258 e. The third kappa shape index (κ3) is 4.32. The monoisotopic (exact) mass is 436 g/mol. The van der Waals surface area contributed by atoms with Gasteiger partial charge in [0.05, 0.1) is 21.3 Å². The fourth-order valence-corrected chi connectivity index (χ4v) is 4.84. The minimum Gasteiger partial charge on any atom is -0.493 e. The van der Waals surface area contributed by atoms with Gasteiger partial charge in [0.2, 0.25) is 5.75 Å². The molecule has 6 heteroatoms. The number of nitrogens with zero attached hydrogens (tertiary/aromatic N) is 2. The number of fused-ring (bicyclic) bond motifs is 2. The summed E-state index contributed by atoms with van der Waals surface area (Å²) in [5, 5.41) is 0. The van der Waals surface area contributed by atoms with Crippen LogP contribution < -0.4 is 14.2 Å². The fourth-order valence-electron chi connectivity index (χ4n) is 4.84. The molecule has 2 atom stereocenters. The smallest absolute Gasteiger partial charge is 0.258 e. The van der Waals surface area contributed by atoms with E-state index in [1.54, 1.807) is 33.5 Å². The van der Waals surface area contributed by atoms with E-state index in [1.807, 2.05) is 23.1 Å². The summed E-state index contributed by atoms with van der Waals surface area (Å²) in [5.74, 6) is 1.40. The summed E-state index contributed by atoms with van der Waals surface area (Å²) < 4.78 is 16.4. The van der Waals surface area contributed by atoms with Crippen molar-refractivity contribution in [2.45, 2.75) is 37.8 Å². The van der Waals surface area contributed by atoms with Gasteiger partial charge in [-0.2, -0.15) is 0 Å². The summed E-state index contributed by atoms with van der Waals surface area (Å²) in [5.41, 5.74) is 2.86. The Bertz CT molecular complexity index is 964. The number of ether oxygens (including phenoxy) is 3. The van der Waals surface area contributed by atoms with Crippen LogP contribution in [-0.2, 0) is 6.42 Å². The van der Waals surface area contributed by atoms with Crippen LogP contribution in [0.25, 0.3) is 0 Å². The van der Waals surface area contributed by atoms with E-state index in [-0.39, 0.29) is 5.91 Å². The average Bonchev–Trinajstić information content (AvgIpc) is 3.03. The molecule has 0 saturated carbocycles. The van der Waals surface area contributed by atoms with Gasteiger partial charge in [-0.15, -0.1) is 0 Å². The van der Waals surface area contributed by atoms with Gasteiger partial charge in [-0.3, -0.25) is 9.69 Å². The molecule has 1 amide bonds. The molecule has 0 spiro atoms. The van der Waals surface area contributed by atoms with E-state index >= 15 is 0 Å². The van der Waals surface area contributed by atoms with E-state index < -0.39 is 0 Å². The van der Waals surface area contributed by atoms with E-state index in [1.165, 1.54) is 12.0 Å². The highest BCUT2D eigenvalue weighted by Gasteiger charge is 2.36. The molecule has 0 radical (unpaired) electrons. The molecule has 170 valence electrons. The standard InChI is InChI=1S/C26H32N2O4/c1-27-20-10-11-21(27)17-22(16-20)28(13-12-18-8-6-5-7-9-18)26(29)19-14-23(30-2)25(32-4)24(15-19)31-3/h5-9,14-16,20-21H,10-13,17H2,1-4H3/t20-,21-/m1/s1. The molecule has 2 heterocycles. The largest absolute Gasteiger partial charge is 0.493 e. The Morgan fingerprint density at radius 3 is 2.31 bits per heavy atom. The zero-order chi connectivity index (χ0) is 22.7. The van der Waals surface area contributed by atoms with Crippen LogP contribution in [-0.4, -0.2) is 62.7 Å². The summed E-state index contributed by atoms with van der Waals surface area (Å²) >= 11 is 0. The topological polar surface area (TPSA) is 51.2 Å². The molecule has 2 aromatic rings. The van der Waals surface area contributed by atoms with Crippen molar-refractivity contribution in [2.75, 3.05) is 34.9 Å². The number of rotatable bonds is 8. The van der Waals surface area contributed by atoms with Gasteiger partial charge in [0.25, 0.3) is 5.91 Å². The molecular weight excluding hydrogens is 404 g/mol. The van der Waals surface area contributed by atoms with Gasteiger partial charge in [-0.05, 0) is 50.1 Å². The Hall–Kier alpha value is -2.99. The van der Waals surface area contributed by atoms with E-state index in [9.17, 15) is 4.79 Å². The minimum absolute atomic E-state index is 0.0459. The van der Waals surface area contributed by atoms with Crippen LogP contribution in [0.5, 0.6) is 17.2 Å². The van der Waals surface area contributed by atoms with Crippen molar-refractivity contribution in [2.24, 2.45) is 0 Å². The van der Waals surface area contributed by atoms with Gasteiger partial charge in [-0.1, -0.05) is 30.3 Å². The highest BCUT2D eigenvalue weighted by molar-refractivity contribution is 5.96. The van der Waals surface area contributed by atoms with E-state index in [2.05, 4.69) is 30.2 Å². The van der Waals surface area contributed by atoms with Crippen LogP contribution >= 0.6 is 0 Å². The van der Waals surface area contributed by atoms with Crippen molar-refractivity contribution in [3.8, 4) is 17.2 Å². The highest BCUT2D eigenvalue weighted by atomic mass is 16.5. The second kappa shape index (κ2) is 9.65. The zero-order valence-corrected chi connectivity index (χ0v) is 19.3. The van der Waals surface area contributed by atoms with Crippen LogP contribution in [0.15, 0.2) is 54.2 Å². The second-order valence-corrected chi connectivity index (χ2v) is 8.43. The lowest BCUT2D eigenvalue weighted by molar-refractivity contribution is 0.0787. The van der Waals surface area contributed by atoms with Crippen molar-refractivity contribution in [1.29, 1.82) is 0 Å². The lowest BCUT2D eigenvalue weighted by Crippen LogP contribution is -2.41. The van der Waals surface area contributed by atoms with Crippen molar-refractivity contribution in [3.63, 3.8) is 0 Å². The Labute approximate surface area is 190 Å². The molecule has 32 heavy (non-hydrogen) atoms. The Kier molecular flexibility index (Phi) is 6.70. The lowest BCUT2D eigenvalue weighted by atomic mass is 10.0. The summed E-state index contributed by atoms with van der Waals surface area (Å²) in [4.78, 5) is 18.2. The quantitative estimate of drug-likeness (QED) is 0.622. The van der Waals surface area contributed by atoms with Crippen LogP contribution in [0.1, 0.15) is 35.2 Å². The lowest BCUT2D eigenvalue weighted by Gasteiger charge is -2.35. The normalized spacial score (nSPS) is 19.9. The molecule has 2 bridgehead atoms. The van der Waals surface area contributed by atoms with Crippen LogP contribution in [0.2, 0.25) is 0 Å². The number of amides is 1. The minimum atomic E-state index is -0.0459. The molecule has 4 rings (SSSR count). The molecule has 2 aromatic carbocycles. The summed E-state index contributed by atoms with van der Waals surface area (Å²) in [7, 11) is 6.88. The third-order valence-corrected chi connectivity index (χ3v) is 6.69. The second-order valence-electron chi connectivity index (χ2n) is 8.43. The van der Waals surface area contributed by atoms with Crippen molar-refractivity contribution in [3.05, 3.63) is 65.4 Å². The van der Waals surface area contributed by atoms with Gasteiger partial charge >= 0.3 is 0 Å². The highest BCUT2D eigenvalue weighted by Crippen LogP contribution is 2.40. The molecule has 0 aliphatic carbocycles. The van der Waals surface area contributed by atoms with Crippen LogP contribution in [0.3, 0.4) is 0 Å². The number of carbonyl (C=O) groups is 1. The van der Waals surface area contributed by atoms with E-state index in [0.29, 0.717) is 41.4 Å². The fraction of sp³-hybridized carbons (Fsp3) is 0.423. The van der Waals surface area contributed by atoms with Crippen molar-refractivity contribution >= 4 is 5.91 Å². The summed E-state index contributed by atoms with van der Waals surface area (Å²) in [6.07, 6.45) is 6.28. The van der Waals surface area contributed by atoms with E-state index in [4.69, 9.17) is 14.2 Å². The number of carbonyl (C=O) groups excluding carboxylic acids is 1. The molecule has 1 saturated heterocycles. The molecule has 0 aromatic heterocycles. The first-order valence-corrected chi connectivity index (χ1v) is 11.1. The Morgan fingerprint density at radius 2 is 1.72 bits per heavy atom. The predicted octanol–water partition coefficient (Wildman–Crippen LogP) is 4.15. The number of methoxy groups -OCH3 is 3. The summed E-state index contributed by atoms with van der Waals surface area (Å²) in [6, 6.07) is 14.7. The zero-order valence-electron chi connectivity index (χ0n) is 19.3. The maximum absolute atomic E-state index is 13.8. The number of hydrogen-bond donors (Lipinski definition) is 0. The average molecular weight is 437 g/mol. The number of benzene rings is 2. The SMILES string of the molecule is COc1cc(C(=O)N(CCc2ccccc2)C2=C[C@H]3CC[C@H](C2)N3C)cc(OC)c1OC. The van der Waals surface area contributed by atoms with Gasteiger partial charge in [0.1, 0.15) is 0 Å². The summed E-state index contributed by atoms with van der Waals surface area (Å²) in [6.45, 7) is 0.620. The first-order chi connectivity index (χ1) is 15.5. The first kappa shape index (κ1) is 22.2. The molecule has 1 fully saturated rings. The van der Waals surface area contributed by atoms with Crippen LogP contribution in [0, 0.1) is 0 Å². The molecule has 2 aliphatic heterocycles. The molecule has 6 nitrogen and oxygen atoms in total. The predicted molar refractivity (Wildman–Crippen MR) is 125 cm³/mol. The molecule has 2 aliphatic rings. The number of likely N-dealkylation sites (N-methyl/N-ethyl adjacent to an activating group) is 1. The third-order valence-electron chi connectivity index (χ3n) is 6.69. The Balaban J connectivity index is 1.68. The van der Waals surface area contributed by atoms with Gasteiger partial charge in [-0.25, -0.2) is 0 Å². The van der Waals surface area contributed by atoms with Crippen molar-refractivity contribution < 1.29 is 19.0 Å². The van der Waals surface area contributed by atoms with Gasteiger partial charge in [0.15, 0.2) is 11.5 Å². The molecule has 0 N–H and O–H groups in total. The number of hydrogen-bond acceptors (Lipinski definition) is 5. The van der Waals surface area contributed by atoms with Gasteiger partial charge in [0, 0.05) is 36.3 Å². The Morgan fingerprint density at radius 1 is 1.03 bits per heavy atom. The molecular formula is C26H32N2O4. The van der Waals surface area contributed by atoms with Crippen molar-refractivity contribution in [1.82, 2.24) is 9.80 Å².